The summed E-state index contributed by atoms with van der Waals surface area (Å²) < 4.78 is 0. The van der Waals surface area contributed by atoms with Gasteiger partial charge in [0.05, 0.1) is 10.6 Å². The molecule has 12 heteroatoms. The third kappa shape index (κ3) is 4.32. The van der Waals surface area contributed by atoms with Crippen molar-refractivity contribution in [2.45, 2.75) is 50.1 Å². The summed E-state index contributed by atoms with van der Waals surface area (Å²) in [7, 11) is 0. The van der Waals surface area contributed by atoms with E-state index in [0.717, 1.165) is 12.8 Å². The average molecular weight is 531 g/mol. The van der Waals surface area contributed by atoms with E-state index in [2.05, 4.69) is 5.32 Å². The second kappa shape index (κ2) is 9.40. The van der Waals surface area contributed by atoms with Crippen LogP contribution in [0.2, 0.25) is 0 Å². The molecule has 0 unspecified atom stereocenters. The van der Waals surface area contributed by atoms with Crippen LogP contribution in [0, 0.1) is 0 Å². The number of carboxylic acids is 1. The number of hydrogen-bond acceptors (Lipinski definition) is 8. The van der Waals surface area contributed by atoms with Crippen molar-refractivity contribution in [2.24, 2.45) is 5.73 Å². The highest BCUT2D eigenvalue weighted by molar-refractivity contribution is 8.05. The minimum Gasteiger partial charge on any atom is -0.512 e. The van der Waals surface area contributed by atoms with Gasteiger partial charge in [-0.15, -0.1) is 11.8 Å². The minimum atomic E-state index is -1.25. The Morgan fingerprint density at radius 3 is 2.61 bits per heavy atom. The summed E-state index contributed by atoms with van der Waals surface area (Å²) >= 11 is 2.57. The van der Waals surface area contributed by atoms with Crippen molar-refractivity contribution in [1.29, 1.82) is 0 Å². The van der Waals surface area contributed by atoms with Gasteiger partial charge < -0.3 is 26.2 Å². The fraction of sp³-hybridized carbons (Fsp3) is 0.417. The highest BCUT2D eigenvalue weighted by Gasteiger charge is 2.54. The largest absolute Gasteiger partial charge is 0.512 e. The summed E-state index contributed by atoms with van der Waals surface area (Å²) in [6.07, 6.45) is 6.28. The topological polar surface area (TPSA) is 153 Å². The Labute approximate surface area is 216 Å². The third-order valence-corrected chi connectivity index (χ3v) is 8.89. The highest BCUT2D eigenvalue weighted by atomic mass is 32.2. The van der Waals surface area contributed by atoms with Crippen molar-refractivity contribution in [3.8, 4) is 0 Å². The minimum absolute atomic E-state index is 0.0626. The maximum Gasteiger partial charge on any atom is 0.352 e. The Hall–Kier alpha value is -3.12. The van der Waals surface area contributed by atoms with Gasteiger partial charge in [-0.25, -0.2) is 4.79 Å². The molecular weight excluding hydrogens is 504 g/mol. The number of likely N-dealkylation sites (tertiary alicyclic amines) is 1. The van der Waals surface area contributed by atoms with Crippen LogP contribution >= 0.6 is 23.5 Å². The number of hydrogen-bond donors (Lipinski definition) is 4. The summed E-state index contributed by atoms with van der Waals surface area (Å²) in [5.74, 6) is -2.37. The fourth-order valence-corrected chi connectivity index (χ4v) is 6.81. The number of aliphatic carboxylic acids is 1. The molecule has 10 nitrogen and oxygen atoms in total. The maximum absolute atomic E-state index is 13.0. The number of carboxylic acid groups (broad SMARTS) is 1. The van der Waals surface area contributed by atoms with Gasteiger partial charge in [-0.2, -0.15) is 0 Å². The lowest BCUT2D eigenvalue weighted by atomic mass is 9.98. The number of aliphatic hydroxyl groups is 1. The lowest BCUT2D eigenvalue weighted by Gasteiger charge is -2.49. The van der Waals surface area contributed by atoms with E-state index in [-0.39, 0.29) is 28.7 Å². The number of β-lactam (4-membered cyclic amide) rings is 1. The zero-order chi connectivity index (χ0) is 25.7. The van der Waals surface area contributed by atoms with Crippen LogP contribution in [0.4, 0.5) is 0 Å². The van der Waals surface area contributed by atoms with Crippen LogP contribution in [-0.4, -0.2) is 73.5 Å². The molecule has 4 aliphatic heterocycles. The van der Waals surface area contributed by atoms with Gasteiger partial charge in [0.25, 0.3) is 11.8 Å². The lowest BCUT2D eigenvalue weighted by molar-refractivity contribution is -0.150. The molecular formula is C24H26N4O6S2. The molecule has 0 radical (unpaired) electrons. The Balaban J connectivity index is 1.33. The van der Waals surface area contributed by atoms with E-state index in [1.807, 2.05) is 4.90 Å². The van der Waals surface area contributed by atoms with Crippen molar-refractivity contribution < 1.29 is 29.4 Å². The highest BCUT2D eigenvalue weighted by Crippen LogP contribution is 2.42. The van der Waals surface area contributed by atoms with Gasteiger partial charge in [-0.1, -0.05) is 17.8 Å². The summed E-state index contributed by atoms with van der Waals surface area (Å²) in [6.45, 7) is 2.03. The van der Waals surface area contributed by atoms with Crippen LogP contribution in [0.1, 0.15) is 32.6 Å². The first-order chi connectivity index (χ1) is 17.2. The Kier molecular flexibility index (Phi) is 6.41. The Bertz CT molecular complexity index is 1220. The predicted octanol–water partition coefficient (Wildman–Crippen LogP) is 1.70. The summed E-state index contributed by atoms with van der Waals surface area (Å²) in [5.41, 5.74) is 7.23. The monoisotopic (exact) mass is 530 g/mol. The maximum atomic E-state index is 13.0. The number of carbonyl (C=O) groups excluding carboxylic acids is 3. The van der Waals surface area contributed by atoms with Crippen molar-refractivity contribution in [2.75, 3.05) is 12.3 Å². The number of carbonyl (C=O) groups is 4. The van der Waals surface area contributed by atoms with E-state index < -0.39 is 29.2 Å². The van der Waals surface area contributed by atoms with Crippen LogP contribution in [0.25, 0.3) is 0 Å². The first-order valence-electron chi connectivity index (χ1n) is 11.6. The molecule has 0 aromatic heterocycles. The molecule has 1 saturated carbocycles. The number of nitrogens with one attached hydrogen (secondary N) is 1. The van der Waals surface area contributed by atoms with Crippen molar-refractivity contribution in [3.63, 3.8) is 0 Å². The number of nitrogens with two attached hydrogens (primary N) is 1. The van der Waals surface area contributed by atoms with Crippen molar-refractivity contribution in [1.82, 2.24) is 15.1 Å². The molecule has 2 atom stereocenters. The fourth-order valence-electron chi connectivity index (χ4n) is 4.83. The van der Waals surface area contributed by atoms with Crippen LogP contribution in [0.3, 0.4) is 0 Å². The summed E-state index contributed by atoms with van der Waals surface area (Å²) in [4.78, 5) is 54.0. The predicted molar refractivity (Wildman–Crippen MR) is 135 cm³/mol. The number of fused-ring (bicyclic) bond motifs is 1. The van der Waals surface area contributed by atoms with E-state index in [4.69, 9.17) is 5.73 Å². The van der Waals surface area contributed by atoms with Crippen molar-refractivity contribution >= 4 is 47.2 Å². The van der Waals surface area contributed by atoms with Gasteiger partial charge in [0.2, 0.25) is 5.91 Å². The van der Waals surface area contributed by atoms with E-state index in [0.29, 0.717) is 47.2 Å². The molecule has 3 amide bonds. The van der Waals surface area contributed by atoms with Crippen LogP contribution < -0.4 is 11.1 Å². The molecule has 0 aromatic carbocycles. The number of amides is 3. The Morgan fingerprint density at radius 2 is 2.00 bits per heavy atom. The molecule has 2 saturated heterocycles. The van der Waals surface area contributed by atoms with E-state index in [1.165, 1.54) is 35.3 Å². The molecule has 4 heterocycles. The number of aliphatic hydroxyl groups excluding tert-OH is 1. The average Bonchev–Trinajstić information content (AvgIpc) is 3.61. The second-order valence-corrected chi connectivity index (χ2v) is 11.3. The molecule has 0 bridgehead atoms. The smallest absolute Gasteiger partial charge is 0.352 e. The number of thioether (sulfide) groups is 2. The SMILES string of the molecule is C/C(O)=C(/C(=O)N[C@@H]1C(=O)N2C(C(=O)O)=C(/C=C3\CCN(C4CC4)C3=O)CS[C@H]12)C1=CSC(N)=CC1. The van der Waals surface area contributed by atoms with Crippen molar-refractivity contribution in [3.05, 3.63) is 56.3 Å². The van der Waals surface area contributed by atoms with Crippen LogP contribution in [-0.2, 0) is 19.2 Å². The molecule has 5 aliphatic rings. The molecule has 0 aromatic rings. The number of rotatable bonds is 6. The lowest BCUT2D eigenvalue weighted by Crippen LogP contribution is -2.70. The van der Waals surface area contributed by atoms with E-state index in [9.17, 15) is 29.4 Å². The van der Waals surface area contributed by atoms with Gasteiger partial charge >= 0.3 is 5.97 Å². The standard InChI is InChI=1S/C24H26N4O6S2/c1-11(29)17(13-2-5-16(25)35-9-13)20(30)26-18-22(32)28-19(24(33)34)14(10-36-23(18)28)8-12-6-7-27(21(12)31)15-3-4-15/h5,8-9,15,18,23,29H,2-4,6-7,10,25H2,1H3,(H,26,30)(H,33,34)/b12-8+,17-11-/t18-,23-/m1/s1. The molecule has 3 fully saturated rings. The first-order valence-corrected chi connectivity index (χ1v) is 13.5. The molecule has 1 aliphatic carbocycles. The zero-order valence-corrected chi connectivity index (χ0v) is 21.2. The van der Waals surface area contributed by atoms with E-state index >= 15 is 0 Å². The van der Waals surface area contributed by atoms with Gasteiger partial charge in [-0.05, 0) is 55.2 Å². The Morgan fingerprint density at radius 1 is 1.25 bits per heavy atom. The third-order valence-electron chi connectivity index (χ3n) is 6.75. The van der Waals surface area contributed by atoms with E-state index in [1.54, 1.807) is 17.6 Å². The van der Waals surface area contributed by atoms with Gasteiger partial charge in [0.1, 0.15) is 22.9 Å². The molecule has 36 heavy (non-hydrogen) atoms. The van der Waals surface area contributed by atoms with Gasteiger partial charge in [0.15, 0.2) is 0 Å². The van der Waals surface area contributed by atoms with Crippen LogP contribution in [0.5, 0.6) is 0 Å². The second-order valence-electron chi connectivity index (χ2n) is 9.22. The zero-order valence-electron chi connectivity index (χ0n) is 19.5. The molecule has 190 valence electrons. The number of allylic oxidation sites excluding steroid dienone is 3. The number of nitrogens with zero attached hydrogens (tertiary/aromatic N) is 2. The summed E-state index contributed by atoms with van der Waals surface area (Å²) in [6, 6.07) is -0.642. The van der Waals surface area contributed by atoms with Crippen LogP contribution in [0.15, 0.2) is 56.3 Å². The molecule has 0 spiro atoms. The molecule has 5 rings (SSSR count). The van der Waals surface area contributed by atoms with Gasteiger partial charge in [0, 0.05) is 23.9 Å². The quantitative estimate of drug-likeness (QED) is 0.228. The summed E-state index contributed by atoms with van der Waals surface area (Å²) in [5, 5.41) is 24.4. The first kappa shape index (κ1) is 24.6. The molecule has 5 N–H and O–H groups in total. The van der Waals surface area contributed by atoms with Gasteiger partial charge in [-0.3, -0.25) is 19.3 Å². The normalized spacial score (nSPS) is 27.9.